The summed E-state index contributed by atoms with van der Waals surface area (Å²) < 4.78 is 10.1. The third-order valence-corrected chi connectivity index (χ3v) is 1.29. The Bertz CT molecular complexity index is 198. The van der Waals surface area contributed by atoms with Gasteiger partial charge in [-0.3, -0.25) is 0 Å². The highest BCUT2D eigenvalue weighted by atomic mass is 16.7. The molecule has 1 rings (SSSR count). The summed E-state index contributed by atoms with van der Waals surface area (Å²) in [5, 5.41) is 8.38. The van der Waals surface area contributed by atoms with Crippen LogP contribution in [0.25, 0.3) is 0 Å². The van der Waals surface area contributed by atoms with Crippen LogP contribution in [-0.4, -0.2) is 25.1 Å². The van der Waals surface area contributed by atoms with Gasteiger partial charge in [0.25, 0.3) is 0 Å². The largest absolute Gasteiger partial charge is 0.468 e. The Morgan fingerprint density at radius 2 is 1.92 bits per heavy atom. The second-order valence-corrected chi connectivity index (χ2v) is 2.21. The van der Waals surface area contributed by atoms with Crippen molar-refractivity contribution in [1.82, 2.24) is 0 Å². The highest BCUT2D eigenvalue weighted by Crippen LogP contribution is 2.07. The zero-order valence-electron chi connectivity index (χ0n) is 6.77. The van der Waals surface area contributed by atoms with Crippen molar-refractivity contribution in [3.05, 3.63) is 30.3 Å². The second kappa shape index (κ2) is 5.57. The van der Waals surface area contributed by atoms with E-state index in [-0.39, 0.29) is 13.4 Å². The molecule has 0 unspecified atom stereocenters. The first-order chi connectivity index (χ1) is 5.93. The van der Waals surface area contributed by atoms with Crippen molar-refractivity contribution in [3.63, 3.8) is 0 Å². The molecule has 3 heteroatoms. The van der Waals surface area contributed by atoms with E-state index in [9.17, 15) is 0 Å². The summed E-state index contributed by atoms with van der Waals surface area (Å²) in [5.41, 5.74) is 0. The summed E-state index contributed by atoms with van der Waals surface area (Å²) in [4.78, 5) is 0. The third kappa shape index (κ3) is 3.37. The van der Waals surface area contributed by atoms with Crippen LogP contribution in [0.15, 0.2) is 30.3 Å². The number of hydrogen-bond donors (Lipinski definition) is 1. The molecule has 3 nitrogen and oxygen atoms in total. The molecule has 0 spiro atoms. The molecule has 0 bridgehead atoms. The molecular weight excluding hydrogens is 156 g/mol. The fourth-order valence-electron chi connectivity index (χ4n) is 0.750. The van der Waals surface area contributed by atoms with Gasteiger partial charge in [0.1, 0.15) is 5.75 Å². The lowest BCUT2D eigenvalue weighted by Gasteiger charge is -2.04. The summed E-state index contributed by atoms with van der Waals surface area (Å²) >= 11 is 0. The van der Waals surface area contributed by atoms with Gasteiger partial charge in [0.2, 0.25) is 0 Å². The Morgan fingerprint density at radius 3 is 2.58 bits per heavy atom. The molecular formula is C9H12O3. The number of para-hydroxylation sites is 1. The summed E-state index contributed by atoms with van der Waals surface area (Å²) in [6, 6.07) is 9.40. The lowest BCUT2D eigenvalue weighted by Crippen LogP contribution is -2.06. The van der Waals surface area contributed by atoms with Gasteiger partial charge in [-0.05, 0) is 12.1 Å². The lowest BCUT2D eigenvalue weighted by atomic mass is 10.3. The van der Waals surface area contributed by atoms with Gasteiger partial charge in [0.05, 0.1) is 13.2 Å². The zero-order valence-corrected chi connectivity index (χ0v) is 6.77. The van der Waals surface area contributed by atoms with E-state index in [0.717, 1.165) is 5.75 Å². The molecule has 0 aliphatic carbocycles. The number of aliphatic hydroxyl groups excluding tert-OH is 1. The van der Waals surface area contributed by atoms with Gasteiger partial charge in [-0.25, -0.2) is 0 Å². The van der Waals surface area contributed by atoms with Crippen molar-refractivity contribution in [1.29, 1.82) is 0 Å². The van der Waals surface area contributed by atoms with E-state index in [0.29, 0.717) is 6.61 Å². The Morgan fingerprint density at radius 1 is 1.17 bits per heavy atom. The van der Waals surface area contributed by atoms with Gasteiger partial charge < -0.3 is 14.6 Å². The molecule has 1 aromatic rings. The molecule has 0 fully saturated rings. The van der Waals surface area contributed by atoms with Gasteiger partial charge in [-0.2, -0.15) is 0 Å². The topological polar surface area (TPSA) is 38.7 Å². The number of rotatable bonds is 5. The Balaban J connectivity index is 2.16. The maximum absolute atomic E-state index is 8.38. The molecule has 1 N–H and O–H groups in total. The van der Waals surface area contributed by atoms with E-state index in [1.165, 1.54) is 0 Å². The number of aliphatic hydroxyl groups is 1. The second-order valence-electron chi connectivity index (χ2n) is 2.21. The lowest BCUT2D eigenvalue weighted by molar-refractivity contribution is -0.00103. The van der Waals surface area contributed by atoms with Crippen LogP contribution in [0, 0.1) is 0 Å². The molecule has 0 saturated carbocycles. The van der Waals surface area contributed by atoms with Crippen molar-refractivity contribution in [2.24, 2.45) is 0 Å². The zero-order chi connectivity index (χ0) is 8.65. The van der Waals surface area contributed by atoms with Crippen LogP contribution in [0.3, 0.4) is 0 Å². The van der Waals surface area contributed by atoms with Gasteiger partial charge in [-0.1, -0.05) is 18.2 Å². The van der Waals surface area contributed by atoms with Gasteiger partial charge >= 0.3 is 0 Å². The van der Waals surface area contributed by atoms with Gasteiger partial charge in [0, 0.05) is 0 Å². The summed E-state index contributed by atoms with van der Waals surface area (Å²) in [6.45, 7) is 0.523. The van der Waals surface area contributed by atoms with Gasteiger partial charge in [-0.15, -0.1) is 0 Å². The van der Waals surface area contributed by atoms with Crippen LogP contribution in [0.4, 0.5) is 0 Å². The van der Waals surface area contributed by atoms with Crippen LogP contribution in [-0.2, 0) is 4.74 Å². The molecule has 0 amide bonds. The fourth-order valence-corrected chi connectivity index (χ4v) is 0.750. The van der Waals surface area contributed by atoms with E-state index >= 15 is 0 Å². The number of ether oxygens (including phenoxy) is 2. The predicted molar refractivity (Wildman–Crippen MR) is 45.0 cm³/mol. The molecule has 0 aliphatic heterocycles. The highest BCUT2D eigenvalue weighted by Gasteiger charge is 1.89. The molecule has 0 radical (unpaired) electrons. The molecule has 0 aliphatic rings. The molecule has 0 heterocycles. The van der Waals surface area contributed by atoms with Crippen molar-refractivity contribution >= 4 is 0 Å². The normalized spacial score (nSPS) is 9.75. The average Bonchev–Trinajstić information content (AvgIpc) is 2.14. The Kier molecular flexibility index (Phi) is 4.19. The maximum atomic E-state index is 8.38. The minimum atomic E-state index is 0.0259. The van der Waals surface area contributed by atoms with Crippen molar-refractivity contribution in [3.8, 4) is 5.75 Å². The quantitative estimate of drug-likeness (QED) is 0.527. The number of hydrogen-bond acceptors (Lipinski definition) is 3. The van der Waals surface area contributed by atoms with E-state index in [1.54, 1.807) is 0 Å². The van der Waals surface area contributed by atoms with E-state index in [4.69, 9.17) is 14.6 Å². The van der Waals surface area contributed by atoms with Crippen LogP contribution in [0.2, 0.25) is 0 Å². The fraction of sp³-hybridized carbons (Fsp3) is 0.333. The SMILES string of the molecule is OCCOCOc1ccccc1. The monoisotopic (exact) mass is 168 g/mol. The summed E-state index contributed by atoms with van der Waals surface area (Å²) in [5.74, 6) is 0.774. The Hall–Kier alpha value is -1.06. The minimum absolute atomic E-state index is 0.0259. The molecule has 66 valence electrons. The molecule has 1 aromatic carbocycles. The van der Waals surface area contributed by atoms with Crippen LogP contribution < -0.4 is 4.74 Å². The molecule has 0 atom stereocenters. The summed E-state index contributed by atoms with van der Waals surface area (Å²) in [6.07, 6.45) is 0. The van der Waals surface area contributed by atoms with Crippen LogP contribution in [0.1, 0.15) is 0 Å². The first-order valence-electron chi connectivity index (χ1n) is 3.80. The van der Waals surface area contributed by atoms with E-state index in [2.05, 4.69) is 0 Å². The minimum Gasteiger partial charge on any atom is -0.468 e. The Labute approximate surface area is 71.5 Å². The average molecular weight is 168 g/mol. The van der Waals surface area contributed by atoms with Crippen molar-refractivity contribution < 1.29 is 14.6 Å². The number of benzene rings is 1. The van der Waals surface area contributed by atoms with Crippen LogP contribution in [0.5, 0.6) is 5.75 Å². The molecule has 12 heavy (non-hydrogen) atoms. The standard InChI is InChI=1S/C9H12O3/c10-6-7-11-8-12-9-4-2-1-3-5-9/h1-5,10H,6-8H2. The van der Waals surface area contributed by atoms with E-state index < -0.39 is 0 Å². The third-order valence-electron chi connectivity index (χ3n) is 1.29. The molecule has 0 aromatic heterocycles. The predicted octanol–water partition coefficient (Wildman–Crippen LogP) is 1.03. The van der Waals surface area contributed by atoms with E-state index in [1.807, 2.05) is 30.3 Å². The van der Waals surface area contributed by atoms with Crippen LogP contribution >= 0.6 is 0 Å². The first-order valence-corrected chi connectivity index (χ1v) is 3.80. The summed E-state index contributed by atoms with van der Waals surface area (Å²) in [7, 11) is 0. The smallest absolute Gasteiger partial charge is 0.189 e. The highest BCUT2D eigenvalue weighted by molar-refractivity contribution is 5.20. The van der Waals surface area contributed by atoms with Crippen molar-refractivity contribution in [2.45, 2.75) is 0 Å². The maximum Gasteiger partial charge on any atom is 0.189 e. The molecule has 0 saturated heterocycles. The van der Waals surface area contributed by atoms with Gasteiger partial charge in [0.15, 0.2) is 6.79 Å². The van der Waals surface area contributed by atoms with Crippen molar-refractivity contribution in [2.75, 3.05) is 20.0 Å². The first kappa shape index (κ1) is 9.03.